The molecular weight excluding hydrogens is 340 g/mol. The molecule has 0 N–H and O–H groups in total. The quantitative estimate of drug-likeness (QED) is 0.759. The van der Waals surface area contributed by atoms with Gasteiger partial charge in [0.2, 0.25) is 11.8 Å². The monoisotopic (exact) mass is 370 g/mol. The Balaban J connectivity index is 1.49. The van der Waals surface area contributed by atoms with Gasteiger partial charge in [-0.05, 0) is 43.2 Å². The molecular formula is C21H30N4O2. The zero-order chi connectivity index (χ0) is 19.4. The van der Waals surface area contributed by atoms with Crippen molar-refractivity contribution < 1.29 is 9.59 Å². The minimum absolute atomic E-state index is 0.0326. The minimum atomic E-state index is -0.0326. The molecule has 0 unspecified atom stereocenters. The van der Waals surface area contributed by atoms with E-state index in [1.165, 1.54) is 17.5 Å². The van der Waals surface area contributed by atoms with Gasteiger partial charge in [-0.1, -0.05) is 6.58 Å². The summed E-state index contributed by atoms with van der Waals surface area (Å²) in [6.45, 7) is 8.09. The van der Waals surface area contributed by atoms with Crippen LogP contribution in [0.1, 0.15) is 12.8 Å². The van der Waals surface area contributed by atoms with E-state index in [9.17, 15) is 9.59 Å². The van der Waals surface area contributed by atoms with Crippen LogP contribution in [0.2, 0.25) is 0 Å². The minimum Gasteiger partial charge on any atom is -0.378 e. The molecule has 0 radical (unpaired) electrons. The van der Waals surface area contributed by atoms with Crippen molar-refractivity contribution in [1.29, 1.82) is 0 Å². The van der Waals surface area contributed by atoms with Gasteiger partial charge >= 0.3 is 0 Å². The van der Waals surface area contributed by atoms with Gasteiger partial charge in [0.15, 0.2) is 0 Å². The van der Waals surface area contributed by atoms with E-state index in [0.717, 1.165) is 39.0 Å². The summed E-state index contributed by atoms with van der Waals surface area (Å²) in [5.41, 5.74) is 2.40. The first kappa shape index (κ1) is 19.3. The standard InChI is InChI=1S/C21H30N4O2/c1-4-20(26)24-11-9-17(10-12-24)21(27)25-15-13-23(14-16-25)19-7-5-18(6-8-19)22(2)3/h4-8,17H,1,9-16H2,2-3H3. The average molecular weight is 370 g/mol. The molecule has 0 bridgehead atoms. The van der Waals surface area contributed by atoms with E-state index in [-0.39, 0.29) is 17.7 Å². The first-order valence-electron chi connectivity index (χ1n) is 9.72. The summed E-state index contributed by atoms with van der Waals surface area (Å²) in [6.07, 6.45) is 2.86. The summed E-state index contributed by atoms with van der Waals surface area (Å²) < 4.78 is 0. The summed E-state index contributed by atoms with van der Waals surface area (Å²) in [6, 6.07) is 8.56. The van der Waals surface area contributed by atoms with Gasteiger partial charge < -0.3 is 19.6 Å². The van der Waals surface area contributed by atoms with Gasteiger partial charge in [-0.2, -0.15) is 0 Å². The molecule has 2 fully saturated rings. The first-order valence-corrected chi connectivity index (χ1v) is 9.72. The lowest BCUT2D eigenvalue weighted by Crippen LogP contribution is -2.52. The molecule has 1 aromatic carbocycles. The summed E-state index contributed by atoms with van der Waals surface area (Å²) in [5, 5.41) is 0. The molecule has 2 aliphatic heterocycles. The molecule has 146 valence electrons. The predicted molar refractivity (Wildman–Crippen MR) is 109 cm³/mol. The second kappa shape index (κ2) is 8.46. The molecule has 1 aromatic rings. The normalized spacial score (nSPS) is 18.4. The van der Waals surface area contributed by atoms with Gasteiger partial charge in [0.25, 0.3) is 0 Å². The lowest BCUT2D eigenvalue weighted by atomic mass is 9.95. The maximum atomic E-state index is 12.8. The van der Waals surface area contributed by atoms with Crippen LogP contribution < -0.4 is 9.80 Å². The van der Waals surface area contributed by atoms with Crippen LogP contribution in [-0.2, 0) is 9.59 Å². The SMILES string of the molecule is C=CC(=O)N1CCC(C(=O)N2CCN(c3ccc(N(C)C)cc3)CC2)CC1. The number of piperidine rings is 1. The van der Waals surface area contributed by atoms with Crippen LogP contribution in [0, 0.1) is 5.92 Å². The topological polar surface area (TPSA) is 47.1 Å². The third-order valence-corrected chi connectivity index (χ3v) is 5.65. The van der Waals surface area contributed by atoms with Gasteiger partial charge in [-0.3, -0.25) is 9.59 Å². The molecule has 0 saturated carbocycles. The van der Waals surface area contributed by atoms with Crippen LogP contribution in [-0.4, -0.2) is 75.0 Å². The molecule has 2 aliphatic rings. The maximum Gasteiger partial charge on any atom is 0.245 e. The van der Waals surface area contributed by atoms with Crippen molar-refractivity contribution in [3.63, 3.8) is 0 Å². The first-order chi connectivity index (χ1) is 13.0. The number of piperazine rings is 1. The van der Waals surface area contributed by atoms with E-state index < -0.39 is 0 Å². The second-order valence-corrected chi connectivity index (χ2v) is 7.53. The van der Waals surface area contributed by atoms with E-state index in [2.05, 4.69) is 40.6 Å². The highest BCUT2D eigenvalue weighted by Crippen LogP contribution is 2.23. The van der Waals surface area contributed by atoms with Crippen LogP contribution in [0.5, 0.6) is 0 Å². The third-order valence-electron chi connectivity index (χ3n) is 5.65. The molecule has 2 amide bonds. The molecule has 0 spiro atoms. The highest BCUT2D eigenvalue weighted by molar-refractivity contribution is 5.87. The number of hydrogen-bond acceptors (Lipinski definition) is 4. The predicted octanol–water partition coefficient (Wildman–Crippen LogP) is 1.83. The van der Waals surface area contributed by atoms with Crippen molar-refractivity contribution in [2.75, 3.05) is 63.2 Å². The van der Waals surface area contributed by atoms with Crippen LogP contribution in [0.25, 0.3) is 0 Å². The fourth-order valence-electron chi connectivity index (χ4n) is 3.88. The second-order valence-electron chi connectivity index (χ2n) is 7.53. The summed E-state index contributed by atoms with van der Waals surface area (Å²) in [7, 11) is 4.08. The highest BCUT2D eigenvalue weighted by Gasteiger charge is 2.31. The number of carbonyl (C=O) groups is 2. The lowest BCUT2D eigenvalue weighted by molar-refractivity contribution is -0.139. The molecule has 6 nitrogen and oxygen atoms in total. The number of amides is 2. The Morgan fingerprint density at radius 2 is 1.56 bits per heavy atom. The molecule has 6 heteroatoms. The Labute approximate surface area is 162 Å². The van der Waals surface area contributed by atoms with Crippen molar-refractivity contribution in [1.82, 2.24) is 9.80 Å². The molecule has 3 rings (SSSR count). The largest absolute Gasteiger partial charge is 0.378 e. The maximum absolute atomic E-state index is 12.8. The molecule has 27 heavy (non-hydrogen) atoms. The fraction of sp³-hybridized carbons (Fsp3) is 0.524. The van der Waals surface area contributed by atoms with E-state index in [0.29, 0.717) is 13.1 Å². The zero-order valence-electron chi connectivity index (χ0n) is 16.4. The van der Waals surface area contributed by atoms with Crippen molar-refractivity contribution >= 4 is 23.2 Å². The summed E-state index contributed by atoms with van der Waals surface area (Å²) in [5.74, 6) is 0.267. The van der Waals surface area contributed by atoms with Gasteiger partial charge in [-0.15, -0.1) is 0 Å². The van der Waals surface area contributed by atoms with Crippen LogP contribution >= 0.6 is 0 Å². The van der Waals surface area contributed by atoms with Gasteiger partial charge in [-0.25, -0.2) is 0 Å². The number of likely N-dealkylation sites (tertiary alicyclic amines) is 1. The fourth-order valence-corrected chi connectivity index (χ4v) is 3.88. The van der Waals surface area contributed by atoms with Gasteiger partial charge in [0, 0.05) is 70.7 Å². The zero-order valence-corrected chi connectivity index (χ0v) is 16.4. The number of rotatable bonds is 4. The average Bonchev–Trinajstić information content (AvgIpc) is 2.73. The number of hydrogen-bond donors (Lipinski definition) is 0. The van der Waals surface area contributed by atoms with Crippen molar-refractivity contribution in [2.24, 2.45) is 5.92 Å². The molecule has 2 saturated heterocycles. The van der Waals surface area contributed by atoms with Crippen LogP contribution in [0.15, 0.2) is 36.9 Å². The van der Waals surface area contributed by atoms with Crippen LogP contribution in [0.4, 0.5) is 11.4 Å². The van der Waals surface area contributed by atoms with Crippen LogP contribution in [0.3, 0.4) is 0 Å². The van der Waals surface area contributed by atoms with Crippen molar-refractivity contribution in [3.05, 3.63) is 36.9 Å². The number of anilines is 2. The molecule has 2 heterocycles. The Morgan fingerprint density at radius 1 is 0.963 bits per heavy atom. The smallest absolute Gasteiger partial charge is 0.245 e. The lowest BCUT2D eigenvalue weighted by Gasteiger charge is -2.39. The molecule has 0 aromatic heterocycles. The number of carbonyl (C=O) groups excluding carboxylic acids is 2. The van der Waals surface area contributed by atoms with Crippen molar-refractivity contribution in [2.45, 2.75) is 12.8 Å². The van der Waals surface area contributed by atoms with Crippen molar-refractivity contribution in [3.8, 4) is 0 Å². The third kappa shape index (κ3) is 4.43. The Kier molecular flexibility index (Phi) is 6.04. The molecule has 0 atom stereocenters. The molecule has 0 aliphatic carbocycles. The summed E-state index contributed by atoms with van der Waals surface area (Å²) in [4.78, 5) is 32.7. The van der Waals surface area contributed by atoms with E-state index >= 15 is 0 Å². The Bertz CT molecular complexity index is 670. The summed E-state index contributed by atoms with van der Waals surface area (Å²) >= 11 is 0. The van der Waals surface area contributed by atoms with E-state index in [1.54, 1.807) is 4.90 Å². The van der Waals surface area contributed by atoms with Gasteiger partial charge in [0.05, 0.1) is 0 Å². The van der Waals surface area contributed by atoms with E-state index in [4.69, 9.17) is 0 Å². The van der Waals surface area contributed by atoms with Gasteiger partial charge in [0.1, 0.15) is 0 Å². The number of benzene rings is 1. The number of nitrogens with zero attached hydrogens (tertiary/aromatic N) is 4. The van der Waals surface area contributed by atoms with E-state index in [1.807, 2.05) is 19.0 Å². The highest BCUT2D eigenvalue weighted by atomic mass is 16.2. The Hall–Kier alpha value is -2.50. The Morgan fingerprint density at radius 3 is 2.07 bits per heavy atom.